The fourth-order valence-electron chi connectivity index (χ4n) is 8.54. The van der Waals surface area contributed by atoms with Crippen LogP contribution >= 0.6 is 0 Å². The van der Waals surface area contributed by atoms with Crippen molar-refractivity contribution < 1.29 is 69.0 Å². The lowest BCUT2D eigenvalue weighted by atomic mass is 9.98. The molecule has 0 spiro atoms. The highest BCUT2D eigenvalue weighted by Gasteiger charge is 2.47. The normalized spacial score (nSPS) is 26.1. The number of hydrogen-bond donors (Lipinski definition) is 7. The van der Waals surface area contributed by atoms with Gasteiger partial charge in [-0.15, -0.1) is 0 Å². The van der Waals surface area contributed by atoms with E-state index in [2.05, 4.69) is 50.3 Å². The van der Waals surface area contributed by atoms with Crippen LogP contribution in [0, 0.1) is 0 Å². The van der Waals surface area contributed by atoms with E-state index in [1.807, 2.05) is 0 Å². The van der Waals surface area contributed by atoms with Crippen molar-refractivity contribution in [1.29, 1.82) is 0 Å². The number of allylic oxidation sites excluding steroid dienone is 6. The number of aliphatic hydroxyl groups excluding tert-OH is 7. The zero-order valence-electron chi connectivity index (χ0n) is 42.3. The van der Waals surface area contributed by atoms with Crippen molar-refractivity contribution >= 4 is 5.97 Å². The molecule has 0 aromatic rings. The molecule has 0 amide bonds. The van der Waals surface area contributed by atoms with Gasteiger partial charge in [0.15, 0.2) is 12.6 Å². The van der Waals surface area contributed by atoms with Gasteiger partial charge in [-0.1, -0.05) is 185 Å². The van der Waals surface area contributed by atoms with E-state index >= 15 is 0 Å². The Morgan fingerprint density at radius 2 is 0.956 bits per heavy atom. The monoisotopic (exact) mass is 971 g/mol. The van der Waals surface area contributed by atoms with Crippen molar-refractivity contribution in [3.8, 4) is 0 Å². The van der Waals surface area contributed by atoms with Crippen molar-refractivity contribution in [1.82, 2.24) is 0 Å². The summed E-state index contributed by atoms with van der Waals surface area (Å²) in [5.74, 6) is -0.379. The second-order valence-electron chi connectivity index (χ2n) is 19.0. The van der Waals surface area contributed by atoms with E-state index in [-0.39, 0.29) is 25.6 Å². The van der Waals surface area contributed by atoms with E-state index in [1.165, 1.54) is 103 Å². The highest BCUT2D eigenvalue weighted by atomic mass is 16.7. The SMILES string of the molecule is CC/C=C\C/C=C\C/C=C\CCCCCCCCOCC(COC1OC(COC2OC(CO)C(O)C(O)C2O)C(O)C(O)C1O)OC(=O)CCCCCCCCCCCCCCCCCCCC. The number of rotatable bonds is 43. The summed E-state index contributed by atoms with van der Waals surface area (Å²) in [6, 6.07) is 0. The Morgan fingerprint density at radius 1 is 0.500 bits per heavy atom. The molecule has 14 heteroatoms. The van der Waals surface area contributed by atoms with Gasteiger partial charge >= 0.3 is 5.97 Å². The van der Waals surface area contributed by atoms with Gasteiger partial charge in [0.2, 0.25) is 0 Å². The largest absolute Gasteiger partial charge is 0.457 e. The molecule has 2 saturated heterocycles. The molecule has 0 aliphatic carbocycles. The molecule has 0 bridgehead atoms. The first-order valence-corrected chi connectivity index (χ1v) is 27.1. The van der Waals surface area contributed by atoms with E-state index in [0.29, 0.717) is 13.0 Å². The maximum Gasteiger partial charge on any atom is 0.306 e. The van der Waals surface area contributed by atoms with Crippen LogP contribution in [0.15, 0.2) is 36.5 Å². The summed E-state index contributed by atoms with van der Waals surface area (Å²) < 4.78 is 34.3. The van der Waals surface area contributed by atoms with Crippen molar-refractivity contribution in [2.45, 2.75) is 268 Å². The topological polar surface area (TPSA) is 214 Å². The number of carbonyl (C=O) groups excluding carboxylic acids is 1. The van der Waals surface area contributed by atoms with E-state index in [9.17, 15) is 40.5 Å². The minimum Gasteiger partial charge on any atom is -0.457 e. The smallest absolute Gasteiger partial charge is 0.306 e. The van der Waals surface area contributed by atoms with Crippen molar-refractivity contribution in [2.24, 2.45) is 0 Å². The third kappa shape index (κ3) is 28.9. The average Bonchev–Trinajstić information content (AvgIpc) is 3.33. The molecule has 2 rings (SSSR count). The summed E-state index contributed by atoms with van der Waals surface area (Å²) in [6.45, 7) is 3.57. The third-order valence-electron chi connectivity index (χ3n) is 12.9. The van der Waals surface area contributed by atoms with Gasteiger partial charge in [-0.2, -0.15) is 0 Å². The Hall–Kier alpha value is -1.79. The van der Waals surface area contributed by atoms with Crippen LogP contribution in [0.2, 0.25) is 0 Å². The van der Waals surface area contributed by atoms with Crippen LogP contribution in [-0.2, 0) is 33.2 Å². The standard InChI is InChI=1S/C54H98O14/c1-3-5-7-9-11-13-15-17-19-21-22-23-25-27-29-31-33-35-37-46(56)66-43(40-63-38-36-34-32-30-28-26-24-20-18-16-14-12-10-8-6-4-2)41-64-53-52(62)50(60)48(58)45(68-53)42-65-54-51(61)49(59)47(57)44(39-55)67-54/h6,8,12,14,18,20,43-45,47-55,57-62H,3-5,7,9-11,13,15-17,19,21-42H2,1-2H3/b8-6-,14-12-,20-18-. The van der Waals surface area contributed by atoms with E-state index in [4.69, 9.17) is 28.4 Å². The number of unbranched alkanes of at least 4 members (excludes halogenated alkanes) is 23. The first kappa shape index (κ1) is 62.3. The summed E-state index contributed by atoms with van der Waals surface area (Å²) in [7, 11) is 0. The minimum atomic E-state index is -1.71. The number of aliphatic hydroxyl groups is 7. The van der Waals surface area contributed by atoms with Gasteiger partial charge in [-0.25, -0.2) is 0 Å². The molecule has 11 unspecified atom stereocenters. The maximum absolute atomic E-state index is 13.0. The number of carbonyl (C=O) groups is 1. The quantitative estimate of drug-likeness (QED) is 0.0173. The Balaban J connectivity index is 1.75. The lowest BCUT2D eigenvalue weighted by Gasteiger charge is -2.42. The second-order valence-corrected chi connectivity index (χ2v) is 19.0. The number of esters is 1. The van der Waals surface area contributed by atoms with E-state index in [0.717, 1.165) is 70.6 Å². The van der Waals surface area contributed by atoms with Crippen LogP contribution < -0.4 is 0 Å². The molecular formula is C54H98O14. The van der Waals surface area contributed by atoms with Gasteiger partial charge in [0.05, 0.1) is 26.4 Å². The fourth-order valence-corrected chi connectivity index (χ4v) is 8.54. The molecular weight excluding hydrogens is 873 g/mol. The summed E-state index contributed by atoms with van der Waals surface area (Å²) >= 11 is 0. The highest BCUT2D eigenvalue weighted by molar-refractivity contribution is 5.69. The van der Waals surface area contributed by atoms with Gasteiger partial charge < -0.3 is 64.2 Å². The summed E-state index contributed by atoms with van der Waals surface area (Å²) in [5, 5.41) is 72.2. The first-order valence-electron chi connectivity index (χ1n) is 27.1. The second kappa shape index (κ2) is 41.8. The van der Waals surface area contributed by atoms with Gasteiger partial charge in [0.25, 0.3) is 0 Å². The van der Waals surface area contributed by atoms with Crippen LogP contribution in [0.5, 0.6) is 0 Å². The molecule has 7 N–H and O–H groups in total. The zero-order valence-corrected chi connectivity index (χ0v) is 42.3. The number of ether oxygens (including phenoxy) is 6. The molecule has 2 aliphatic heterocycles. The maximum atomic E-state index is 13.0. The zero-order chi connectivity index (χ0) is 49.5. The van der Waals surface area contributed by atoms with Crippen molar-refractivity contribution in [2.75, 3.05) is 33.0 Å². The minimum absolute atomic E-state index is 0.0550. The first-order chi connectivity index (χ1) is 33.1. The van der Waals surface area contributed by atoms with Crippen molar-refractivity contribution in [3.63, 3.8) is 0 Å². The lowest BCUT2D eigenvalue weighted by molar-refractivity contribution is -0.332. The molecule has 2 fully saturated rings. The Bertz CT molecular complexity index is 1260. The molecule has 398 valence electrons. The van der Waals surface area contributed by atoms with Crippen LogP contribution in [-0.4, -0.2) is 142 Å². The molecule has 0 aromatic heterocycles. The molecule has 11 atom stereocenters. The van der Waals surface area contributed by atoms with Gasteiger partial charge in [0.1, 0.15) is 54.9 Å². The Morgan fingerprint density at radius 3 is 1.50 bits per heavy atom. The predicted molar refractivity (Wildman–Crippen MR) is 266 cm³/mol. The molecule has 2 aliphatic rings. The summed E-state index contributed by atoms with van der Waals surface area (Å²) in [5.41, 5.74) is 0. The summed E-state index contributed by atoms with van der Waals surface area (Å²) in [6.07, 6.45) is 30.6. The van der Waals surface area contributed by atoms with E-state index in [1.54, 1.807) is 0 Å². The Labute approximate surface area is 410 Å². The van der Waals surface area contributed by atoms with Crippen LogP contribution in [0.4, 0.5) is 0 Å². The van der Waals surface area contributed by atoms with Crippen LogP contribution in [0.25, 0.3) is 0 Å². The Kier molecular flexibility index (Phi) is 38.3. The highest BCUT2D eigenvalue weighted by Crippen LogP contribution is 2.26. The lowest BCUT2D eigenvalue weighted by Crippen LogP contribution is -2.61. The number of hydrogen-bond acceptors (Lipinski definition) is 14. The molecule has 68 heavy (non-hydrogen) atoms. The molecule has 14 nitrogen and oxygen atoms in total. The van der Waals surface area contributed by atoms with Crippen LogP contribution in [0.3, 0.4) is 0 Å². The molecule has 0 aromatic carbocycles. The van der Waals surface area contributed by atoms with Gasteiger partial charge in [-0.3, -0.25) is 4.79 Å². The van der Waals surface area contributed by atoms with Gasteiger partial charge in [-0.05, 0) is 44.9 Å². The van der Waals surface area contributed by atoms with E-state index < -0.39 is 80.7 Å². The van der Waals surface area contributed by atoms with Crippen LogP contribution in [0.1, 0.15) is 200 Å². The summed E-state index contributed by atoms with van der Waals surface area (Å²) in [4.78, 5) is 13.0. The predicted octanol–water partition coefficient (Wildman–Crippen LogP) is 8.58. The average molecular weight is 971 g/mol. The third-order valence-corrected chi connectivity index (χ3v) is 12.9. The molecule has 0 saturated carbocycles. The van der Waals surface area contributed by atoms with Gasteiger partial charge in [0, 0.05) is 13.0 Å². The van der Waals surface area contributed by atoms with Crippen molar-refractivity contribution in [3.05, 3.63) is 36.5 Å². The molecule has 0 radical (unpaired) electrons. The fraction of sp³-hybridized carbons (Fsp3) is 0.870. The molecule has 2 heterocycles.